The second-order valence-corrected chi connectivity index (χ2v) is 6.69. The van der Waals surface area contributed by atoms with Crippen LogP contribution in [0.2, 0.25) is 0 Å². The lowest BCUT2D eigenvalue weighted by atomic mass is 9.94. The summed E-state index contributed by atoms with van der Waals surface area (Å²) in [5, 5.41) is 16.9. The Morgan fingerprint density at radius 2 is 2.08 bits per heavy atom. The quantitative estimate of drug-likeness (QED) is 0.891. The van der Waals surface area contributed by atoms with Crippen molar-refractivity contribution in [3.8, 4) is 5.69 Å². The van der Waals surface area contributed by atoms with E-state index in [0.717, 1.165) is 30.6 Å². The van der Waals surface area contributed by atoms with Gasteiger partial charge in [0.1, 0.15) is 12.7 Å². The van der Waals surface area contributed by atoms with E-state index >= 15 is 0 Å². The number of hydrogen-bond acceptors (Lipinski definition) is 4. The Morgan fingerprint density at radius 1 is 1.32 bits per heavy atom. The maximum absolute atomic E-state index is 12.5. The maximum atomic E-state index is 12.5. The van der Waals surface area contributed by atoms with E-state index in [1.54, 1.807) is 22.8 Å². The van der Waals surface area contributed by atoms with Crippen molar-refractivity contribution in [3.05, 3.63) is 42.5 Å². The van der Waals surface area contributed by atoms with E-state index in [1.165, 1.54) is 6.33 Å². The molecule has 3 atom stereocenters. The molecular formula is C18H25N5O2. The third-order valence-corrected chi connectivity index (χ3v) is 4.84. The van der Waals surface area contributed by atoms with Crippen LogP contribution in [0.5, 0.6) is 0 Å². The molecule has 25 heavy (non-hydrogen) atoms. The van der Waals surface area contributed by atoms with Crippen LogP contribution >= 0.6 is 0 Å². The Bertz CT molecular complexity index is 684. The molecular weight excluding hydrogens is 318 g/mol. The average Bonchev–Trinajstić information content (AvgIpc) is 3.16. The van der Waals surface area contributed by atoms with Gasteiger partial charge in [-0.25, -0.2) is 14.5 Å². The van der Waals surface area contributed by atoms with Crippen molar-refractivity contribution >= 4 is 6.03 Å². The molecule has 0 aliphatic carbocycles. The number of nitrogens with one attached hydrogen (secondary N) is 1. The molecule has 0 spiro atoms. The van der Waals surface area contributed by atoms with Crippen LogP contribution in [0.15, 0.2) is 36.9 Å². The van der Waals surface area contributed by atoms with Gasteiger partial charge in [-0.2, -0.15) is 5.10 Å². The van der Waals surface area contributed by atoms with Crippen molar-refractivity contribution in [1.29, 1.82) is 0 Å². The molecule has 1 aromatic carbocycles. The molecule has 2 amide bonds. The van der Waals surface area contributed by atoms with Gasteiger partial charge in [0, 0.05) is 19.0 Å². The second kappa shape index (κ2) is 7.65. The number of likely N-dealkylation sites (tertiary alicyclic amines) is 1. The van der Waals surface area contributed by atoms with Gasteiger partial charge in [-0.1, -0.05) is 12.1 Å². The van der Waals surface area contributed by atoms with Crippen LogP contribution in [0.3, 0.4) is 0 Å². The van der Waals surface area contributed by atoms with Gasteiger partial charge in [0.2, 0.25) is 0 Å². The maximum Gasteiger partial charge on any atom is 0.317 e. The van der Waals surface area contributed by atoms with Gasteiger partial charge >= 0.3 is 6.03 Å². The number of aromatic nitrogens is 3. The van der Waals surface area contributed by atoms with E-state index in [2.05, 4.69) is 15.4 Å². The third-order valence-electron chi connectivity index (χ3n) is 4.84. The number of carbonyl (C=O) groups is 1. The standard InChI is InChI=1S/C18H25N5O2/c1-13(15-5-7-17(8-6-15)23-12-19-11-20-23)21-18(25)22-9-3-4-16(10-22)14(2)24/h5-8,11-14,16,24H,3-4,9-10H2,1-2H3,(H,21,25). The number of urea groups is 1. The van der Waals surface area contributed by atoms with Gasteiger partial charge in [-0.3, -0.25) is 0 Å². The van der Waals surface area contributed by atoms with Crippen molar-refractivity contribution in [2.75, 3.05) is 13.1 Å². The zero-order chi connectivity index (χ0) is 17.8. The first-order chi connectivity index (χ1) is 12.0. The Labute approximate surface area is 147 Å². The molecule has 7 heteroatoms. The first kappa shape index (κ1) is 17.4. The van der Waals surface area contributed by atoms with Gasteiger partial charge in [0.25, 0.3) is 0 Å². The van der Waals surface area contributed by atoms with E-state index < -0.39 is 0 Å². The highest BCUT2D eigenvalue weighted by Gasteiger charge is 2.27. The first-order valence-electron chi connectivity index (χ1n) is 8.73. The number of hydrogen-bond donors (Lipinski definition) is 2. The highest BCUT2D eigenvalue weighted by Crippen LogP contribution is 2.21. The molecule has 0 radical (unpaired) electrons. The molecule has 3 unspecified atom stereocenters. The fourth-order valence-electron chi connectivity index (χ4n) is 3.21. The third kappa shape index (κ3) is 4.17. The molecule has 2 aromatic rings. The number of piperidine rings is 1. The van der Waals surface area contributed by atoms with Crippen LogP contribution in [0.4, 0.5) is 4.79 Å². The summed E-state index contributed by atoms with van der Waals surface area (Å²) in [6, 6.07) is 7.71. The molecule has 0 bridgehead atoms. The van der Waals surface area contributed by atoms with Crippen molar-refractivity contribution in [2.24, 2.45) is 5.92 Å². The minimum Gasteiger partial charge on any atom is -0.393 e. The molecule has 2 N–H and O–H groups in total. The summed E-state index contributed by atoms with van der Waals surface area (Å²) < 4.78 is 1.69. The summed E-state index contributed by atoms with van der Waals surface area (Å²) >= 11 is 0. The van der Waals surface area contributed by atoms with Gasteiger partial charge in [-0.05, 0) is 44.4 Å². The van der Waals surface area contributed by atoms with Crippen LogP contribution in [-0.2, 0) is 0 Å². The lowest BCUT2D eigenvalue weighted by Gasteiger charge is -2.34. The Kier molecular flexibility index (Phi) is 5.33. The van der Waals surface area contributed by atoms with Crippen molar-refractivity contribution < 1.29 is 9.90 Å². The Morgan fingerprint density at radius 3 is 2.72 bits per heavy atom. The van der Waals surface area contributed by atoms with E-state index in [1.807, 2.05) is 31.2 Å². The largest absolute Gasteiger partial charge is 0.393 e. The average molecular weight is 343 g/mol. The Balaban J connectivity index is 1.59. The number of aliphatic hydroxyl groups excluding tert-OH is 1. The molecule has 7 nitrogen and oxygen atoms in total. The fraction of sp³-hybridized carbons (Fsp3) is 0.500. The fourth-order valence-corrected chi connectivity index (χ4v) is 3.21. The topological polar surface area (TPSA) is 83.3 Å². The first-order valence-corrected chi connectivity index (χ1v) is 8.73. The summed E-state index contributed by atoms with van der Waals surface area (Å²) in [7, 11) is 0. The molecule has 2 heterocycles. The van der Waals surface area contributed by atoms with Crippen molar-refractivity contribution in [3.63, 3.8) is 0 Å². The molecule has 1 fully saturated rings. The minimum absolute atomic E-state index is 0.0711. The van der Waals surface area contributed by atoms with E-state index in [-0.39, 0.29) is 24.1 Å². The summed E-state index contributed by atoms with van der Waals surface area (Å²) in [4.78, 5) is 18.3. The van der Waals surface area contributed by atoms with Crippen molar-refractivity contribution in [1.82, 2.24) is 25.0 Å². The van der Waals surface area contributed by atoms with E-state index in [0.29, 0.717) is 6.54 Å². The molecule has 1 aliphatic rings. The monoisotopic (exact) mass is 343 g/mol. The predicted octanol–water partition coefficient (Wildman–Crippen LogP) is 2.13. The normalized spacial score (nSPS) is 20.1. The van der Waals surface area contributed by atoms with Crippen LogP contribution in [-0.4, -0.2) is 50.0 Å². The molecule has 1 aliphatic heterocycles. The van der Waals surface area contributed by atoms with Gasteiger partial charge in [0.05, 0.1) is 17.8 Å². The number of amides is 2. The number of aliphatic hydroxyl groups is 1. The zero-order valence-corrected chi connectivity index (χ0v) is 14.7. The smallest absolute Gasteiger partial charge is 0.317 e. The SMILES string of the molecule is CC(NC(=O)N1CCCC(C(C)O)C1)c1ccc(-n2cncn2)cc1. The highest BCUT2D eigenvalue weighted by atomic mass is 16.3. The van der Waals surface area contributed by atoms with E-state index in [9.17, 15) is 9.90 Å². The molecule has 134 valence electrons. The molecule has 0 saturated carbocycles. The van der Waals surface area contributed by atoms with Gasteiger partial charge < -0.3 is 15.3 Å². The van der Waals surface area contributed by atoms with Gasteiger partial charge in [-0.15, -0.1) is 0 Å². The number of nitrogens with zero attached hydrogens (tertiary/aromatic N) is 4. The molecule has 1 aromatic heterocycles. The highest BCUT2D eigenvalue weighted by molar-refractivity contribution is 5.74. The molecule has 3 rings (SSSR count). The summed E-state index contributed by atoms with van der Waals surface area (Å²) in [6.45, 7) is 5.12. The predicted molar refractivity (Wildman–Crippen MR) is 94.3 cm³/mol. The minimum atomic E-state index is -0.377. The van der Waals surface area contributed by atoms with Crippen LogP contribution < -0.4 is 5.32 Å². The Hall–Kier alpha value is -2.41. The second-order valence-electron chi connectivity index (χ2n) is 6.69. The number of rotatable bonds is 4. The molecule has 1 saturated heterocycles. The van der Waals surface area contributed by atoms with Crippen molar-refractivity contribution in [2.45, 2.75) is 38.8 Å². The van der Waals surface area contributed by atoms with Crippen LogP contribution in [0.1, 0.15) is 38.3 Å². The lowest BCUT2D eigenvalue weighted by Crippen LogP contribution is -2.47. The number of carbonyl (C=O) groups excluding carboxylic acids is 1. The summed E-state index contributed by atoms with van der Waals surface area (Å²) in [5.74, 6) is 0.164. The van der Waals surface area contributed by atoms with Crippen LogP contribution in [0.25, 0.3) is 5.69 Å². The van der Waals surface area contributed by atoms with E-state index in [4.69, 9.17) is 0 Å². The lowest BCUT2D eigenvalue weighted by molar-refractivity contribution is 0.0734. The van der Waals surface area contributed by atoms with Crippen LogP contribution in [0, 0.1) is 5.92 Å². The summed E-state index contributed by atoms with van der Waals surface area (Å²) in [5.41, 5.74) is 1.96. The summed E-state index contributed by atoms with van der Waals surface area (Å²) in [6.07, 6.45) is 4.67. The van der Waals surface area contributed by atoms with Gasteiger partial charge in [0.15, 0.2) is 0 Å². The number of benzene rings is 1. The zero-order valence-electron chi connectivity index (χ0n) is 14.7.